The van der Waals surface area contributed by atoms with Gasteiger partial charge in [0.25, 0.3) is 0 Å². The molecule has 3 rings (SSSR count). The van der Waals surface area contributed by atoms with E-state index in [2.05, 4.69) is 21.0 Å². The third-order valence-electron chi connectivity index (χ3n) is 4.54. The number of aromatic nitrogens is 3. The number of likely N-dealkylation sites (N-methyl/N-ethyl adjacent to an activating group) is 1. The van der Waals surface area contributed by atoms with Gasteiger partial charge < -0.3 is 4.90 Å². The lowest BCUT2D eigenvalue weighted by atomic mass is 10.1. The maximum absolute atomic E-state index is 12.8. The number of hydrogen-bond donors (Lipinski definition) is 0. The molecule has 0 saturated heterocycles. The molecule has 0 aliphatic carbocycles. The van der Waals surface area contributed by atoms with E-state index >= 15 is 0 Å². The Hall–Kier alpha value is -2.21. The summed E-state index contributed by atoms with van der Waals surface area (Å²) in [4.78, 5) is 19.4. The number of carbonyl (C=O) groups is 1. The van der Waals surface area contributed by atoms with Gasteiger partial charge in [0.2, 0.25) is 5.91 Å². The van der Waals surface area contributed by atoms with Crippen LogP contribution >= 0.6 is 15.9 Å². The van der Waals surface area contributed by atoms with Crippen LogP contribution < -0.4 is 0 Å². The molecule has 0 unspecified atom stereocenters. The number of carbonyl (C=O) groups excluding carboxylic acids is 1. The Morgan fingerprint density at radius 3 is 2.42 bits per heavy atom. The number of rotatable bonds is 5. The van der Waals surface area contributed by atoms with E-state index < -0.39 is 0 Å². The number of fused-ring (bicyclic) bond motifs is 1. The molecule has 0 N–H and O–H groups in total. The van der Waals surface area contributed by atoms with Gasteiger partial charge in [-0.3, -0.25) is 4.79 Å². The first-order chi connectivity index (χ1) is 12.4. The predicted molar refractivity (Wildman–Crippen MR) is 107 cm³/mol. The number of aryl methyl sites for hydroxylation is 2. The fourth-order valence-electron chi connectivity index (χ4n) is 3.20. The molecule has 0 fully saturated rings. The van der Waals surface area contributed by atoms with Crippen molar-refractivity contribution in [3.63, 3.8) is 0 Å². The summed E-state index contributed by atoms with van der Waals surface area (Å²) in [7, 11) is 0. The first kappa shape index (κ1) is 18.6. The molecule has 1 amide bonds. The van der Waals surface area contributed by atoms with E-state index in [0.29, 0.717) is 13.1 Å². The summed E-state index contributed by atoms with van der Waals surface area (Å²) in [5.41, 5.74) is 5.41. The zero-order valence-corrected chi connectivity index (χ0v) is 17.2. The third-order valence-corrected chi connectivity index (χ3v) is 5.06. The molecule has 1 aromatic carbocycles. The number of imidazole rings is 1. The van der Waals surface area contributed by atoms with Crippen molar-refractivity contribution in [3.8, 4) is 11.3 Å². The van der Waals surface area contributed by atoms with Crippen LogP contribution in [0.4, 0.5) is 0 Å². The van der Waals surface area contributed by atoms with Crippen molar-refractivity contribution in [1.29, 1.82) is 0 Å². The lowest BCUT2D eigenvalue weighted by Crippen LogP contribution is -2.32. The molecular formula is C20H23BrN4O. The van der Waals surface area contributed by atoms with E-state index in [4.69, 9.17) is 4.98 Å². The first-order valence-electron chi connectivity index (χ1n) is 8.84. The summed E-state index contributed by atoms with van der Waals surface area (Å²) >= 11 is 3.47. The van der Waals surface area contributed by atoms with Crippen LogP contribution in [0.1, 0.15) is 30.8 Å². The lowest BCUT2D eigenvalue weighted by molar-refractivity contribution is -0.130. The van der Waals surface area contributed by atoms with Crippen LogP contribution in [0.25, 0.3) is 16.9 Å². The number of amides is 1. The molecule has 0 bridgehead atoms. The van der Waals surface area contributed by atoms with Crippen LogP contribution in [0, 0.1) is 13.8 Å². The van der Waals surface area contributed by atoms with E-state index in [0.717, 1.165) is 38.3 Å². The van der Waals surface area contributed by atoms with Gasteiger partial charge in [0.1, 0.15) is 0 Å². The number of hydrogen-bond acceptors (Lipinski definition) is 3. The van der Waals surface area contributed by atoms with Gasteiger partial charge >= 0.3 is 0 Å². The smallest absolute Gasteiger partial charge is 0.228 e. The molecule has 0 aliphatic rings. The monoisotopic (exact) mass is 414 g/mol. The van der Waals surface area contributed by atoms with Crippen LogP contribution in [0.2, 0.25) is 0 Å². The zero-order chi connectivity index (χ0) is 18.8. The van der Waals surface area contributed by atoms with Crippen molar-refractivity contribution in [2.45, 2.75) is 34.1 Å². The van der Waals surface area contributed by atoms with Gasteiger partial charge in [0.05, 0.1) is 23.5 Å². The molecular weight excluding hydrogens is 392 g/mol. The van der Waals surface area contributed by atoms with Crippen molar-refractivity contribution < 1.29 is 4.79 Å². The van der Waals surface area contributed by atoms with Crippen LogP contribution in [0.3, 0.4) is 0 Å². The summed E-state index contributed by atoms with van der Waals surface area (Å²) in [5, 5.41) is 4.64. The van der Waals surface area contributed by atoms with Gasteiger partial charge in [-0.25, -0.2) is 9.50 Å². The fraction of sp³-hybridized carbons (Fsp3) is 0.350. The summed E-state index contributed by atoms with van der Waals surface area (Å²) in [6.07, 6.45) is 0.282. The fourth-order valence-corrected chi connectivity index (χ4v) is 3.47. The lowest BCUT2D eigenvalue weighted by Gasteiger charge is -2.18. The van der Waals surface area contributed by atoms with Crippen molar-refractivity contribution in [2.75, 3.05) is 13.1 Å². The highest BCUT2D eigenvalue weighted by atomic mass is 79.9. The van der Waals surface area contributed by atoms with Crippen LogP contribution in [-0.2, 0) is 11.2 Å². The topological polar surface area (TPSA) is 50.5 Å². The normalized spacial score (nSPS) is 11.1. The first-order valence-corrected chi connectivity index (χ1v) is 9.63. The van der Waals surface area contributed by atoms with Gasteiger partial charge in [0.15, 0.2) is 5.65 Å². The minimum Gasteiger partial charge on any atom is -0.343 e. The Morgan fingerprint density at radius 2 is 1.81 bits per heavy atom. The molecule has 0 spiro atoms. The molecule has 0 radical (unpaired) electrons. The standard InChI is InChI=1S/C20H23BrN4O/c1-5-24(6-2)18(26)12-17-19(15-7-9-16(21)10-8-15)22-20-13(3)11-14(4)23-25(17)20/h7-11H,5-6,12H2,1-4H3. The quantitative estimate of drug-likeness (QED) is 0.628. The molecule has 0 atom stereocenters. The maximum atomic E-state index is 12.8. The SMILES string of the molecule is CCN(CC)C(=O)Cc1c(-c2ccc(Br)cc2)nc2c(C)cc(C)nn12. The van der Waals surface area contributed by atoms with E-state index in [1.54, 1.807) is 0 Å². The molecule has 5 nitrogen and oxygen atoms in total. The van der Waals surface area contributed by atoms with Gasteiger partial charge in [-0.15, -0.1) is 0 Å². The summed E-state index contributed by atoms with van der Waals surface area (Å²) < 4.78 is 2.85. The average Bonchev–Trinajstić information content (AvgIpc) is 2.95. The third kappa shape index (κ3) is 3.51. The van der Waals surface area contributed by atoms with Gasteiger partial charge in [-0.1, -0.05) is 28.1 Å². The molecule has 0 aliphatic heterocycles. The van der Waals surface area contributed by atoms with Crippen LogP contribution in [-0.4, -0.2) is 38.5 Å². The van der Waals surface area contributed by atoms with E-state index in [1.165, 1.54) is 0 Å². The second-order valence-corrected chi connectivity index (χ2v) is 7.28. The second-order valence-electron chi connectivity index (χ2n) is 6.36. The zero-order valence-electron chi connectivity index (χ0n) is 15.6. The summed E-state index contributed by atoms with van der Waals surface area (Å²) in [6, 6.07) is 10.0. The maximum Gasteiger partial charge on any atom is 0.228 e. The summed E-state index contributed by atoms with van der Waals surface area (Å²) in [5.74, 6) is 0.0936. The molecule has 3 aromatic rings. The average molecular weight is 415 g/mol. The second kappa shape index (κ2) is 7.58. The number of nitrogens with zero attached hydrogens (tertiary/aromatic N) is 4. The van der Waals surface area contributed by atoms with Crippen molar-refractivity contribution in [3.05, 3.63) is 51.8 Å². The Morgan fingerprint density at radius 1 is 1.15 bits per heavy atom. The van der Waals surface area contributed by atoms with Crippen LogP contribution in [0.5, 0.6) is 0 Å². The van der Waals surface area contributed by atoms with E-state index in [-0.39, 0.29) is 12.3 Å². The Labute approximate surface area is 162 Å². The molecule has 6 heteroatoms. The van der Waals surface area contributed by atoms with E-state index in [9.17, 15) is 4.79 Å². The molecule has 2 heterocycles. The highest BCUT2D eigenvalue weighted by Gasteiger charge is 2.21. The van der Waals surface area contributed by atoms with Crippen molar-refractivity contribution in [1.82, 2.24) is 19.5 Å². The summed E-state index contributed by atoms with van der Waals surface area (Å²) in [6.45, 7) is 9.38. The van der Waals surface area contributed by atoms with Gasteiger partial charge in [0, 0.05) is 23.1 Å². The van der Waals surface area contributed by atoms with Crippen LogP contribution in [0.15, 0.2) is 34.8 Å². The highest BCUT2D eigenvalue weighted by Crippen LogP contribution is 2.27. The van der Waals surface area contributed by atoms with Crippen molar-refractivity contribution >= 4 is 27.5 Å². The molecule has 0 saturated carbocycles. The molecule has 26 heavy (non-hydrogen) atoms. The predicted octanol–water partition coefficient (Wildman–Crippen LogP) is 4.19. The minimum atomic E-state index is 0.0936. The Balaban J connectivity index is 2.18. The number of halogens is 1. The Kier molecular flexibility index (Phi) is 5.41. The molecule has 2 aromatic heterocycles. The minimum absolute atomic E-state index is 0.0936. The largest absolute Gasteiger partial charge is 0.343 e. The van der Waals surface area contributed by atoms with E-state index in [1.807, 2.05) is 67.4 Å². The van der Waals surface area contributed by atoms with Crippen molar-refractivity contribution in [2.24, 2.45) is 0 Å². The number of benzene rings is 1. The van der Waals surface area contributed by atoms with Gasteiger partial charge in [-0.2, -0.15) is 5.10 Å². The highest BCUT2D eigenvalue weighted by molar-refractivity contribution is 9.10. The Bertz CT molecular complexity index is 943. The van der Waals surface area contributed by atoms with Gasteiger partial charge in [-0.05, 0) is 51.5 Å². The molecule has 136 valence electrons.